The second-order valence-corrected chi connectivity index (χ2v) is 7.11. The minimum absolute atomic E-state index is 0.102. The largest absolute Gasteiger partial charge is 0.433 e. The summed E-state index contributed by atoms with van der Waals surface area (Å²) in [5.41, 5.74) is 1.42. The minimum atomic E-state index is -4.55. The number of halogens is 3. The van der Waals surface area contributed by atoms with Gasteiger partial charge in [0, 0.05) is 36.9 Å². The zero-order chi connectivity index (χ0) is 21.3. The fourth-order valence-electron chi connectivity index (χ4n) is 3.35. The molecule has 0 spiro atoms. The number of rotatable bonds is 4. The summed E-state index contributed by atoms with van der Waals surface area (Å²) < 4.78 is 40.3. The number of imidazole rings is 1. The summed E-state index contributed by atoms with van der Waals surface area (Å²) in [6.45, 7) is 3.33. The first kappa shape index (κ1) is 19.9. The number of benzene rings is 1. The van der Waals surface area contributed by atoms with E-state index in [1.54, 1.807) is 34.1 Å². The Bertz CT molecular complexity index is 1070. The summed E-state index contributed by atoms with van der Waals surface area (Å²) in [6.07, 6.45) is 1.70. The zero-order valence-corrected chi connectivity index (χ0v) is 16.1. The van der Waals surface area contributed by atoms with Crippen LogP contribution in [0.4, 0.5) is 24.8 Å². The number of amides is 1. The fourth-order valence-corrected chi connectivity index (χ4v) is 3.35. The molecule has 10 heteroatoms. The van der Waals surface area contributed by atoms with E-state index in [1.165, 1.54) is 0 Å². The maximum atomic E-state index is 12.9. The first-order chi connectivity index (χ1) is 14.3. The van der Waals surface area contributed by atoms with Gasteiger partial charge in [-0.2, -0.15) is 13.2 Å². The Morgan fingerprint density at radius 2 is 1.90 bits per heavy atom. The number of carbonyl (C=O) groups is 1. The number of aryl methyl sites for hydroxylation is 1. The number of anilines is 2. The third-order valence-electron chi connectivity index (χ3n) is 4.76. The molecule has 0 bridgehead atoms. The second kappa shape index (κ2) is 7.77. The quantitative estimate of drug-likeness (QED) is 0.697. The lowest BCUT2D eigenvalue weighted by molar-refractivity contribution is -0.141. The smallest absolute Gasteiger partial charge is 0.337 e. The van der Waals surface area contributed by atoms with Crippen LogP contribution in [0, 0.1) is 6.92 Å². The lowest BCUT2D eigenvalue weighted by atomic mass is 10.2. The molecule has 0 saturated carbocycles. The minimum Gasteiger partial charge on any atom is -0.337 e. The van der Waals surface area contributed by atoms with Crippen molar-refractivity contribution in [2.45, 2.75) is 25.9 Å². The SMILES string of the molecule is Cc1cc(Nc2nccc(C(F)(F)F)n2)cc(-n2cnc(C(=O)N3CCCC3)c2)c1. The summed E-state index contributed by atoms with van der Waals surface area (Å²) in [4.78, 5) is 25.9. The molecule has 0 atom stereocenters. The lowest BCUT2D eigenvalue weighted by Crippen LogP contribution is -2.27. The molecule has 1 N–H and O–H groups in total. The third kappa shape index (κ3) is 4.27. The molecule has 1 amide bonds. The van der Waals surface area contributed by atoms with Gasteiger partial charge in [-0.1, -0.05) is 0 Å². The Labute approximate surface area is 170 Å². The number of nitrogens with one attached hydrogen (secondary N) is 1. The number of carbonyl (C=O) groups excluding carboxylic acids is 1. The van der Waals surface area contributed by atoms with Gasteiger partial charge < -0.3 is 14.8 Å². The van der Waals surface area contributed by atoms with Crippen molar-refractivity contribution in [1.29, 1.82) is 0 Å². The van der Waals surface area contributed by atoms with Crippen molar-refractivity contribution < 1.29 is 18.0 Å². The summed E-state index contributed by atoms with van der Waals surface area (Å²) in [6, 6.07) is 6.18. The monoisotopic (exact) mass is 416 g/mol. The molecule has 1 saturated heterocycles. The van der Waals surface area contributed by atoms with Crippen LogP contribution >= 0.6 is 0 Å². The molecular formula is C20H19F3N6O. The van der Waals surface area contributed by atoms with Crippen LogP contribution in [0.2, 0.25) is 0 Å². The third-order valence-corrected chi connectivity index (χ3v) is 4.76. The molecule has 0 aliphatic carbocycles. The zero-order valence-electron chi connectivity index (χ0n) is 16.1. The van der Waals surface area contributed by atoms with Gasteiger partial charge >= 0.3 is 6.18 Å². The van der Waals surface area contributed by atoms with Gasteiger partial charge in [0.25, 0.3) is 5.91 Å². The van der Waals surface area contributed by atoms with Gasteiger partial charge in [0.05, 0.1) is 0 Å². The van der Waals surface area contributed by atoms with Crippen LogP contribution in [0.1, 0.15) is 34.6 Å². The van der Waals surface area contributed by atoms with Crippen LogP contribution in [0.3, 0.4) is 0 Å². The molecule has 7 nitrogen and oxygen atoms in total. The van der Waals surface area contributed by atoms with Crippen molar-refractivity contribution in [1.82, 2.24) is 24.4 Å². The number of likely N-dealkylation sites (tertiary alicyclic amines) is 1. The van der Waals surface area contributed by atoms with Crippen LogP contribution in [-0.2, 0) is 6.18 Å². The summed E-state index contributed by atoms with van der Waals surface area (Å²) >= 11 is 0. The number of alkyl halides is 3. The topological polar surface area (TPSA) is 75.9 Å². The van der Waals surface area contributed by atoms with Gasteiger partial charge in [0.2, 0.25) is 5.95 Å². The van der Waals surface area contributed by atoms with Crippen molar-refractivity contribution in [3.05, 3.63) is 59.9 Å². The van der Waals surface area contributed by atoms with Crippen LogP contribution in [0.15, 0.2) is 43.0 Å². The molecule has 1 aliphatic rings. The number of nitrogens with zero attached hydrogens (tertiary/aromatic N) is 5. The Morgan fingerprint density at radius 1 is 1.13 bits per heavy atom. The molecule has 3 aromatic rings. The average Bonchev–Trinajstić information content (AvgIpc) is 3.39. The summed E-state index contributed by atoms with van der Waals surface area (Å²) in [5, 5.41) is 2.81. The first-order valence-corrected chi connectivity index (χ1v) is 9.42. The van der Waals surface area contributed by atoms with Gasteiger partial charge in [-0.15, -0.1) is 0 Å². The highest BCUT2D eigenvalue weighted by atomic mass is 19.4. The van der Waals surface area contributed by atoms with E-state index in [9.17, 15) is 18.0 Å². The van der Waals surface area contributed by atoms with E-state index in [4.69, 9.17) is 0 Å². The second-order valence-electron chi connectivity index (χ2n) is 7.11. The predicted octanol–water partition coefficient (Wildman–Crippen LogP) is 3.97. The van der Waals surface area contributed by atoms with Crippen LogP contribution in [0.5, 0.6) is 0 Å². The van der Waals surface area contributed by atoms with Crippen LogP contribution < -0.4 is 5.32 Å². The van der Waals surface area contributed by atoms with Crippen molar-refractivity contribution >= 4 is 17.5 Å². The Kier molecular flexibility index (Phi) is 5.15. The standard InChI is InChI=1S/C20H19F3N6O/c1-13-8-14(26-19-24-5-4-17(27-19)20(21,22)23)10-15(9-13)29-11-16(25-12-29)18(30)28-6-2-3-7-28/h4-5,8-12H,2-3,6-7H2,1H3,(H,24,26,27). The molecule has 3 heterocycles. The molecule has 1 aromatic carbocycles. The van der Waals surface area contributed by atoms with E-state index in [1.807, 2.05) is 13.0 Å². The predicted molar refractivity (Wildman–Crippen MR) is 104 cm³/mol. The van der Waals surface area contributed by atoms with Gasteiger partial charge in [-0.05, 0) is 49.6 Å². The summed E-state index contributed by atoms with van der Waals surface area (Å²) in [5.74, 6) is -0.258. The van der Waals surface area contributed by atoms with Gasteiger partial charge in [-0.25, -0.2) is 15.0 Å². The van der Waals surface area contributed by atoms with Gasteiger partial charge in [0.1, 0.15) is 17.7 Å². The van der Waals surface area contributed by atoms with E-state index in [-0.39, 0.29) is 11.9 Å². The Morgan fingerprint density at radius 3 is 2.63 bits per heavy atom. The highest BCUT2D eigenvalue weighted by Gasteiger charge is 2.32. The highest BCUT2D eigenvalue weighted by Crippen LogP contribution is 2.28. The van der Waals surface area contributed by atoms with E-state index < -0.39 is 11.9 Å². The van der Waals surface area contributed by atoms with E-state index in [2.05, 4.69) is 20.3 Å². The number of hydrogen-bond donors (Lipinski definition) is 1. The van der Waals surface area contributed by atoms with E-state index in [0.29, 0.717) is 17.1 Å². The normalized spacial score (nSPS) is 14.2. The molecule has 2 aromatic heterocycles. The molecule has 1 aliphatic heterocycles. The molecule has 30 heavy (non-hydrogen) atoms. The summed E-state index contributed by atoms with van der Waals surface area (Å²) in [7, 11) is 0. The molecule has 0 radical (unpaired) electrons. The van der Waals surface area contributed by atoms with Crippen molar-refractivity contribution in [3.63, 3.8) is 0 Å². The fraction of sp³-hybridized carbons (Fsp3) is 0.300. The molecular weight excluding hydrogens is 397 g/mol. The van der Waals surface area contributed by atoms with E-state index in [0.717, 1.165) is 43.8 Å². The van der Waals surface area contributed by atoms with Gasteiger partial charge in [0.15, 0.2) is 0 Å². The molecule has 1 fully saturated rings. The Balaban J connectivity index is 1.58. The molecule has 0 unspecified atom stereocenters. The van der Waals surface area contributed by atoms with Crippen LogP contribution in [-0.4, -0.2) is 43.4 Å². The number of hydrogen-bond acceptors (Lipinski definition) is 5. The highest BCUT2D eigenvalue weighted by molar-refractivity contribution is 5.92. The van der Waals surface area contributed by atoms with E-state index >= 15 is 0 Å². The maximum Gasteiger partial charge on any atom is 0.433 e. The first-order valence-electron chi connectivity index (χ1n) is 9.42. The van der Waals surface area contributed by atoms with Gasteiger partial charge in [-0.3, -0.25) is 4.79 Å². The maximum absolute atomic E-state index is 12.9. The average molecular weight is 416 g/mol. The lowest BCUT2D eigenvalue weighted by Gasteiger charge is -2.13. The van der Waals surface area contributed by atoms with Crippen molar-refractivity contribution in [2.24, 2.45) is 0 Å². The van der Waals surface area contributed by atoms with Crippen LogP contribution in [0.25, 0.3) is 5.69 Å². The number of aromatic nitrogens is 4. The van der Waals surface area contributed by atoms with Crippen molar-refractivity contribution in [3.8, 4) is 5.69 Å². The molecule has 156 valence electrons. The molecule has 4 rings (SSSR count). The van der Waals surface area contributed by atoms with Crippen molar-refractivity contribution in [2.75, 3.05) is 18.4 Å². The Hall–Kier alpha value is -3.43.